The summed E-state index contributed by atoms with van der Waals surface area (Å²) in [7, 11) is 4.57. The van der Waals surface area contributed by atoms with Crippen LogP contribution in [0, 0.1) is 18.8 Å². The van der Waals surface area contributed by atoms with Gasteiger partial charge in [0.25, 0.3) is 5.56 Å². The molecule has 0 amide bonds. The van der Waals surface area contributed by atoms with Crippen molar-refractivity contribution in [2.75, 3.05) is 41.3 Å². The number of carbonyl (C=O) groups excluding carboxylic acids is 2. The highest BCUT2D eigenvalue weighted by molar-refractivity contribution is 5.80. The molecule has 1 fully saturated rings. The Kier molecular flexibility index (Phi) is 8.11. The van der Waals surface area contributed by atoms with Gasteiger partial charge in [-0.2, -0.15) is 0 Å². The third kappa shape index (κ3) is 5.35. The summed E-state index contributed by atoms with van der Waals surface area (Å²) in [6.07, 6.45) is 3.37. The number of carbonyl (C=O) groups is 2. The summed E-state index contributed by atoms with van der Waals surface area (Å²) in [5.74, 6) is -0.390. The average molecular weight is 663 g/mol. The minimum atomic E-state index is -0.763. The fraction of sp³-hybridized carbons (Fsp3) is 0.412. The van der Waals surface area contributed by atoms with Crippen LogP contribution in [0.5, 0.6) is 28.7 Å². The molecule has 14 nitrogen and oxygen atoms in total. The van der Waals surface area contributed by atoms with Crippen LogP contribution in [-0.4, -0.2) is 68.9 Å². The van der Waals surface area contributed by atoms with Gasteiger partial charge in [0.05, 0.1) is 40.3 Å². The molecule has 1 saturated heterocycles. The van der Waals surface area contributed by atoms with Gasteiger partial charge in [0, 0.05) is 29.5 Å². The Labute approximate surface area is 274 Å². The number of cyclic esters (lactones) is 1. The zero-order valence-corrected chi connectivity index (χ0v) is 26.7. The summed E-state index contributed by atoms with van der Waals surface area (Å²) < 4.78 is 46.7. The van der Waals surface area contributed by atoms with E-state index in [1.165, 1.54) is 32.1 Å². The normalized spacial score (nSPS) is 24.9. The highest BCUT2D eigenvalue weighted by Crippen LogP contribution is 2.57. The lowest BCUT2D eigenvalue weighted by molar-refractivity contribution is -0.149. The summed E-state index contributed by atoms with van der Waals surface area (Å²) in [5.41, 5.74) is 1.64. The molecule has 48 heavy (non-hydrogen) atoms. The summed E-state index contributed by atoms with van der Waals surface area (Å²) in [4.78, 5) is 53.2. The SMILES string of the molecule is COc1cc([C@@H]2c3cc4c(cc3[C@H](CC(=O)OC[C@@H]3C=C[C@H](n5cc(C)c(=O)[nH]c5=O)O3)[C@H]3COC(=O)[C@H]23)OCO4)cc(OC)c1OC. The fourth-order valence-corrected chi connectivity index (χ4v) is 7.15. The predicted molar refractivity (Wildman–Crippen MR) is 166 cm³/mol. The molecule has 2 aromatic carbocycles. The van der Waals surface area contributed by atoms with E-state index in [1.54, 1.807) is 19.1 Å². The number of hydrogen-bond donors (Lipinski definition) is 1. The third-order valence-corrected chi connectivity index (χ3v) is 9.41. The van der Waals surface area contributed by atoms with Gasteiger partial charge in [-0.3, -0.25) is 23.9 Å². The Bertz CT molecular complexity index is 1900. The molecule has 1 N–H and O–H groups in total. The van der Waals surface area contributed by atoms with Crippen LogP contribution < -0.4 is 34.9 Å². The molecular formula is C34H34N2O12. The van der Waals surface area contributed by atoms with Crippen molar-refractivity contribution in [3.8, 4) is 28.7 Å². The number of benzene rings is 2. The van der Waals surface area contributed by atoms with E-state index in [9.17, 15) is 19.2 Å². The number of aromatic amines is 1. The summed E-state index contributed by atoms with van der Waals surface area (Å²) in [5, 5.41) is 0. The first kappa shape index (κ1) is 31.4. The molecule has 7 rings (SSSR count). The Morgan fingerprint density at radius 3 is 2.33 bits per heavy atom. The maximum Gasteiger partial charge on any atom is 0.330 e. The summed E-state index contributed by atoms with van der Waals surface area (Å²) in [6.45, 7) is 1.67. The van der Waals surface area contributed by atoms with Crippen LogP contribution >= 0.6 is 0 Å². The Morgan fingerprint density at radius 1 is 0.938 bits per heavy atom. The molecule has 6 atom stereocenters. The monoisotopic (exact) mass is 662 g/mol. The lowest BCUT2D eigenvalue weighted by Gasteiger charge is -2.39. The zero-order chi connectivity index (χ0) is 33.7. The molecule has 252 valence electrons. The minimum Gasteiger partial charge on any atom is -0.493 e. The molecule has 0 unspecified atom stereocenters. The van der Waals surface area contributed by atoms with E-state index in [-0.39, 0.29) is 38.3 Å². The van der Waals surface area contributed by atoms with E-state index in [1.807, 2.05) is 24.3 Å². The Balaban J connectivity index is 1.16. The number of nitrogens with one attached hydrogen (secondary N) is 1. The second-order valence-corrected chi connectivity index (χ2v) is 12.0. The van der Waals surface area contributed by atoms with Crippen molar-refractivity contribution in [3.63, 3.8) is 0 Å². The molecule has 4 heterocycles. The number of fused-ring (bicyclic) bond motifs is 3. The van der Waals surface area contributed by atoms with E-state index < -0.39 is 47.3 Å². The van der Waals surface area contributed by atoms with E-state index in [4.69, 9.17) is 37.9 Å². The summed E-state index contributed by atoms with van der Waals surface area (Å²) >= 11 is 0. The van der Waals surface area contributed by atoms with Gasteiger partial charge in [-0.25, -0.2) is 4.79 Å². The van der Waals surface area contributed by atoms with Crippen molar-refractivity contribution >= 4 is 11.9 Å². The standard InChI is InChI=1S/C34H34N2O12/c1-16-12-36(34(40)35-32(16)38)27-6-5-18(48-27)13-44-28(37)11-20-19-9-23-24(47-15-46-23)10-21(19)29(30-22(20)14-45-33(30)39)17-7-25(41-2)31(43-4)26(8-17)42-3/h5-10,12,18,20,22,27,29-30H,11,13-15H2,1-4H3,(H,35,38,40)/t18-,20-,22+,27+,29+,30-/m0/s1. The van der Waals surface area contributed by atoms with Crippen LogP contribution in [0.2, 0.25) is 0 Å². The average Bonchev–Trinajstić information content (AvgIpc) is 3.84. The fourth-order valence-electron chi connectivity index (χ4n) is 7.15. The predicted octanol–water partition coefficient (Wildman–Crippen LogP) is 2.70. The molecular weight excluding hydrogens is 628 g/mol. The van der Waals surface area contributed by atoms with Crippen molar-refractivity contribution in [1.29, 1.82) is 0 Å². The highest BCUT2D eigenvalue weighted by atomic mass is 16.7. The second kappa shape index (κ2) is 12.4. The Morgan fingerprint density at radius 2 is 1.65 bits per heavy atom. The number of nitrogens with zero attached hydrogens (tertiary/aromatic N) is 1. The van der Waals surface area contributed by atoms with Crippen LogP contribution in [0.15, 0.2) is 52.2 Å². The number of ether oxygens (including phenoxy) is 8. The largest absolute Gasteiger partial charge is 0.493 e. The smallest absolute Gasteiger partial charge is 0.330 e. The number of methoxy groups -OCH3 is 3. The van der Waals surface area contributed by atoms with E-state index in [0.29, 0.717) is 34.3 Å². The lowest BCUT2D eigenvalue weighted by atomic mass is 9.62. The van der Waals surface area contributed by atoms with Crippen LogP contribution in [0.1, 0.15) is 46.7 Å². The van der Waals surface area contributed by atoms with Gasteiger partial charge in [-0.05, 0) is 54.0 Å². The van der Waals surface area contributed by atoms with Gasteiger partial charge in [0.1, 0.15) is 12.7 Å². The van der Waals surface area contributed by atoms with Gasteiger partial charge in [-0.1, -0.05) is 6.08 Å². The molecule has 0 spiro atoms. The third-order valence-electron chi connectivity index (χ3n) is 9.41. The molecule has 1 aromatic heterocycles. The first-order valence-electron chi connectivity index (χ1n) is 15.4. The Hall–Kier alpha value is -5.24. The van der Waals surface area contributed by atoms with Gasteiger partial charge < -0.3 is 37.9 Å². The number of hydrogen-bond acceptors (Lipinski definition) is 12. The molecule has 3 aromatic rings. The molecule has 0 radical (unpaired) electrons. The zero-order valence-electron chi connectivity index (χ0n) is 26.7. The van der Waals surface area contributed by atoms with Gasteiger partial charge in [-0.15, -0.1) is 0 Å². The molecule has 14 heteroatoms. The molecule has 0 bridgehead atoms. The van der Waals surface area contributed by atoms with Crippen LogP contribution in [0.4, 0.5) is 0 Å². The first-order chi connectivity index (χ1) is 23.2. The van der Waals surface area contributed by atoms with Gasteiger partial charge >= 0.3 is 17.6 Å². The summed E-state index contributed by atoms with van der Waals surface area (Å²) in [6, 6.07) is 7.38. The minimum absolute atomic E-state index is 0.0368. The van der Waals surface area contributed by atoms with Crippen molar-refractivity contribution in [2.45, 2.75) is 37.5 Å². The quantitative estimate of drug-likeness (QED) is 0.264. The molecule has 4 aliphatic rings. The van der Waals surface area contributed by atoms with Crippen molar-refractivity contribution in [1.82, 2.24) is 9.55 Å². The number of aryl methyl sites for hydroxylation is 1. The molecule has 0 saturated carbocycles. The van der Waals surface area contributed by atoms with Crippen molar-refractivity contribution in [2.24, 2.45) is 11.8 Å². The topological polar surface area (TPSA) is 163 Å². The van der Waals surface area contributed by atoms with E-state index in [2.05, 4.69) is 4.98 Å². The highest BCUT2D eigenvalue weighted by Gasteiger charge is 2.53. The van der Waals surface area contributed by atoms with Crippen molar-refractivity contribution < 1.29 is 47.5 Å². The number of rotatable bonds is 9. The number of aromatic nitrogens is 2. The van der Waals surface area contributed by atoms with Crippen molar-refractivity contribution in [3.05, 3.63) is 85.7 Å². The molecule has 3 aliphatic heterocycles. The number of esters is 2. The van der Waals surface area contributed by atoms with E-state index >= 15 is 0 Å². The first-order valence-corrected chi connectivity index (χ1v) is 15.4. The van der Waals surface area contributed by atoms with E-state index in [0.717, 1.165) is 16.7 Å². The number of H-pyrrole nitrogens is 1. The van der Waals surface area contributed by atoms with Crippen LogP contribution in [0.25, 0.3) is 0 Å². The molecule has 1 aliphatic carbocycles. The van der Waals surface area contributed by atoms with Gasteiger partial charge in [0.2, 0.25) is 12.5 Å². The van der Waals surface area contributed by atoms with Crippen LogP contribution in [0.3, 0.4) is 0 Å². The maximum absolute atomic E-state index is 13.5. The van der Waals surface area contributed by atoms with Gasteiger partial charge in [0.15, 0.2) is 29.2 Å². The second-order valence-electron chi connectivity index (χ2n) is 12.0. The maximum atomic E-state index is 13.5. The lowest BCUT2D eigenvalue weighted by Crippen LogP contribution is -2.36. The van der Waals surface area contributed by atoms with Crippen LogP contribution in [-0.2, 0) is 23.8 Å².